The van der Waals surface area contributed by atoms with E-state index in [2.05, 4.69) is 0 Å². The summed E-state index contributed by atoms with van der Waals surface area (Å²) < 4.78 is 36.2. The molecule has 0 radical (unpaired) electrons. The van der Waals surface area contributed by atoms with Crippen LogP contribution in [-0.4, -0.2) is 6.18 Å². The highest BCUT2D eigenvalue weighted by Gasteiger charge is 2.39. The first-order valence-electron chi connectivity index (χ1n) is 5.30. The number of rotatable bonds is 4. The lowest BCUT2D eigenvalue weighted by molar-refractivity contribution is -0.138. The van der Waals surface area contributed by atoms with Crippen molar-refractivity contribution < 1.29 is 13.2 Å². The standard InChI is InChI=1S/C11H13F3N2/c12-11(13,14)5-4-10(7-15,8-16)6-9-2-1-3-9/h9H,1-6H2. The van der Waals surface area contributed by atoms with Gasteiger partial charge in [-0.25, -0.2) is 0 Å². The van der Waals surface area contributed by atoms with Gasteiger partial charge in [-0.15, -0.1) is 0 Å². The second-order valence-corrected chi connectivity index (χ2v) is 4.42. The molecule has 1 aliphatic rings. The molecule has 0 aromatic heterocycles. The van der Waals surface area contributed by atoms with Crippen molar-refractivity contribution in [1.29, 1.82) is 10.5 Å². The molecule has 0 aromatic rings. The summed E-state index contributed by atoms with van der Waals surface area (Å²) in [7, 11) is 0. The van der Waals surface area contributed by atoms with E-state index in [-0.39, 0.29) is 12.3 Å². The van der Waals surface area contributed by atoms with Crippen LogP contribution in [0.3, 0.4) is 0 Å². The Labute approximate surface area is 92.7 Å². The minimum Gasteiger partial charge on any atom is -0.197 e. The van der Waals surface area contributed by atoms with Gasteiger partial charge in [0.2, 0.25) is 0 Å². The van der Waals surface area contributed by atoms with Crippen molar-refractivity contribution in [2.75, 3.05) is 0 Å². The molecule has 2 nitrogen and oxygen atoms in total. The summed E-state index contributed by atoms with van der Waals surface area (Å²) in [6.07, 6.45) is -2.55. The number of hydrogen-bond donors (Lipinski definition) is 0. The molecule has 0 atom stereocenters. The average Bonchev–Trinajstić information content (AvgIpc) is 2.15. The molecule has 0 heterocycles. The van der Waals surface area contributed by atoms with E-state index < -0.39 is 24.4 Å². The molecule has 0 aromatic carbocycles. The zero-order valence-corrected chi connectivity index (χ0v) is 8.85. The highest BCUT2D eigenvalue weighted by atomic mass is 19.4. The number of nitriles is 2. The van der Waals surface area contributed by atoms with Crippen LogP contribution in [0.2, 0.25) is 0 Å². The summed E-state index contributed by atoms with van der Waals surface area (Å²) in [4.78, 5) is 0. The SMILES string of the molecule is N#CC(C#N)(CCC(F)(F)F)CC1CCC1. The Morgan fingerprint density at radius 1 is 1.06 bits per heavy atom. The molecule has 5 heteroatoms. The van der Waals surface area contributed by atoms with E-state index in [1.165, 1.54) is 0 Å². The van der Waals surface area contributed by atoms with Crippen LogP contribution < -0.4 is 0 Å². The molecular formula is C11H13F3N2. The maximum atomic E-state index is 12.1. The van der Waals surface area contributed by atoms with Gasteiger partial charge in [-0.05, 0) is 18.8 Å². The van der Waals surface area contributed by atoms with Crippen molar-refractivity contribution in [3.63, 3.8) is 0 Å². The Balaban J connectivity index is 2.58. The predicted molar refractivity (Wildman–Crippen MR) is 50.9 cm³/mol. The summed E-state index contributed by atoms with van der Waals surface area (Å²) >= 11 is 0. The van der Waals surface area contributed by atoms with Gasteiger partial charge in [-0.3, -0.25) is 0 Å². The number of alkyl halides is 3. The molecule has 0 amide bonds. The molecule has 1 rings (SSSR count). The summed E-state index contributed by atoms with van der Waals surface area (Å²) in [6, 6.07) is 3.55. The third-order valence-electron chi connectivity index (χ3n) is 3.13. The second kappa shape index (κ2) is 4.74. The summed E-state index contributed by atoms with van der Waals surface area (Å²) in [5, 5.41) is 17.8. The molecule has 0 N–H and O–H groups in total. The Bertz CT molecular complexity index is 304. The number of nitrogens with zero attached hydrogens (tertiary/aromatic N) is 2. The van der Waals surface area contributed by atoms with E-state index in [1.54, 1.807) is 12.1 Å². The van der Waals surface area contributed by atoms with Crippen molar-refractivity contribution in [3.8, 4) is 12.1 Å². The van der Waals surface area contributed by atoms with E-state index in [0.29, 0.717) is 0 Å². The molecular weight excluding hydrogens is 217 g/mol. The smallest absolute Gasteiger partial charge is 0.197 e. The zero-order chi connectivity index (χ0) is 12.2. The average molecular weight is 230 g/mol. The third kappa shape index (κ3) is 3.41. The van der Waals surface area contributed by atoms with Crippen LogP contribution in [-0.2, 0) is 0 Å². The van der Waals surface area contributed by atoms with Crippen LogP contribution in [0.15, 0.2) is 0 Å². The zero-order valence-electron chi connectivity index (χ0n) is 8.85. The molecule has 1 aliphatic carbocycles. The molecule has 0 unspecified atom stereocenters. The van der Waals surface area contributed by atoms with Gasteiger partial charge in [0.05, 0.1) is 12.1 Å². The Kier molecular flexibility index (Phi) is 3.80. The molecule has 0 spiro atoms. The maximum absolute atomic E-state index is 12.1. The molecule has 0 saturated heterocycles. The molecule has 0 aliphatic heterocycles. The van der Waals surface area contributed by atoms with Gasteiger partial charge in [-0.1, -0.05) is 19.3 Å². The van der Waals surface area contributed by atoms with Crippen molar-refractivity contribution >= 4 is 0 Å². The van der Waals surface area contributed by atoms with Gasteiger partial charge in [0.1, 0.15) is 5.41 Å². The van der Waals surface area contributed by atoms with Gasteiger partial charge >= 0.3 is 6.18 Å². The van der Waals surface area contributed by atoms with Crippen LogP contribution in [0, 0.1) is 34.0 Å². The Morgan fingerprint density at radius 3 is 1.94 bits per heavy atom. The highest BCUT2D eigenvalue weighted by molar-refractivity contribution is 5.14. The monoisotopic (exact) mass is 230 g/mol. The Morgan fingerprint density at radius 2 is 1.62 bits per heavy atom. The highest BCUT2D eigenvalue weighted by Crippen LogP contribution is 2.41. The van der Waals surface area contributed by atoms with Crippen molar-refractivity contribution in [2.24, 2.45) is 11.3 Å². The first-order valence-corrected chi connectivity index (χ1v) is 5.30. The summed E-state index contributed by atoms with van der Waals surface area (Å²) in [6.45, 7) is 0. The van der Waals surface area contributed by atoms with Gasteiger partial charge in [0.25, 0.3) is 0 Å². The first kappa shape index (κ1) is 12.8. The van der Waals surface area contributed by atoms with Crippen LogP contribution in [0.5, 0.6) is 0 Å². The fraction of sp³-hybridized carbons (Fsp3) is 0.818. The number of hydrogen-bond acceptors (Lipinski definition) is 2. The van der Waals surface area contributed by atoms with Crippen LogP contribution in [0.1, 0.15) is 38.5 Å². The molecule has 1 saturated carbocycles. The first-order chi connectivity index (χ1) is 7.41. The lowest BCUT2D eigenvalue weighted by Crippen LogP contribution is -2.26. The van der Waals surface area contributed by atoms with Crippen molar-refractivity contribution in [2.45, 2.75) is 44.7 Å². The van der Waals surface area contributed by atoms with E-state index in [1.807, 2.05) is 0 Å². The van der Waals surface area contributed by atoms with Gasteiger partial charge in [0.15, 0.2) is 0 Å². The Hall–Kier alpha value is -1.23. The number of halogens is 3. The lowest BCUT2D eigenvalue weighted by atomic mass is 9.71. The quantitative estimate of drug-likeness (QED) is 0.741. The van der Waals surface area contributed by atoms with Crippen molar-refractivity contribution in [3.05, 3.63) is 0 Å². The lowest BCUT2D eigenvalue weighted by Gasteiger charge is -2.31. The minimum atomic E-state index is -4.29. The molecule has 88 valence electrons. The van der Waals surface area contributed by atoms with Crippen LogP contribution >= 0.6 is 0 Å². The van der Waals surface area contributed by atoms with E-state index in [4.69, 9.17) is 10.5 Å². The van der Waals surface area contributed by atoms with Gasteiger partial charge < -0.3 is 0 Å². The third-order valence-corrected chi connectivity index (χ3v) is 3.13. The molecule has 16 heavy (non-hydrogen) atoms. The normalized spacial score (nSPS) is 17.3. The molecule has 1 fully saturated rings. The van der Waals surface area contributed by atoms with E-state index in [0.717, 1.165) is 19.3 Å². The molecule has 0 bridgehead atoms. The van der Waals surface area contributed by atoms with E-state index in [9.17, 15) is 13.2 Å². The summed E-state index contributed by atoms with van der Waals surface area (Å²) in [5.41, 5.74) is -1.44. The summed E-state index contributed by atoms with van der Waals surface area (Å²) in [5.74, 6) is 0.257. The van der Waals surface area contributed by atoms with Crippen LogP contribution in [0.4, 0.5) is 13.2 Å². The second-order valence-electron chi connectivity index (χ2n) is 4.42. The minimum absolute atomic E-state index is 0.257. The fourth-order valence-electron chi connectivity index (χ4n) is 1.88. The largest absolute Gasteiger partial charge is 0.389 e. The fourth-order valence-corrected chi connectivity index (χ4v) is 1.88. The van der Waals surface area contributed by atoms with Gasteiger partial charge in [0, 0.05) is 6.42 Å². The predicted octanol–water partition coefficient (Wildman–Crippen LogP) is 3.55. The van der Waals surface area contributed by atoms with E-state index >= 15 is 0 Å². The topological polar surface area (TPSA) is 47.6 Å². The maximum Gasteiger partial charge on any atom is 0.389 e. The van der Waals surface area contributed by atoms with Crippen molar-refractivity contribution in [1.82, 2.24) is 0 Å². The van der Waals surface area contributed by atoms with Gasteiger partial charge in [-0.2, -0.15) is 23.7 Å². The van der Waals surface area contributed by atoms with Crippen LogP contribution in [0.25, 0.3) is 0 Å².